The maximum atomic E-state index is 15.1. The molecule has 0 spiro atoms. The number of aliphatic hydroxyl groups is 1. The largest absolute Gasteiger partial charge is 0.391 e. The summed E-state index contributed by atoms with van der Waals surface area (Å²) in [4.78, 5) is 29.9. The van der Waals surface area contributed by atoms with E-state index in [1.807, 2.05) is 13.0 Å². The molecule has 0 bridgehead atoms. The Labute approximate surface area is 306 Å². The van der Waals surface area contributed by atoms with Gasteiger partial charge in [-0.3, -0.25) is 0 Å². The maximum absolute atomic E-state index is 15.1. The molecule has 5 heterocycles. The first kappa shape index (κ1) is 36.5. The van der Waals surface area contributed by atoms with Gasteiger partial charge in [-0.2, -0.15) is 0 Å². The number of piperidine rings is 2. The number of anilines is 1. The Morgan fingerprint density at radius 1 is 1.06 bits per heavy atom. The number of amides is 2. The van der Waals surface area contributed by atoms with E-state index in [2.05, 4.69) is 68.6 Å². The highest BCUT2D eigenvalue weighted by Gasteiger charge is 2.34. The summed E-state index contributed by atoms with van der Waals surface area (Å²) in [6.45, 7) is 13.2. The summed E-state index contributed by atoms with van der Waals surface area (Å²) < 4.78 is 21.5. The number of hydrogen-bond acceptors (Lipinski definition) is 7. The van der Waals surface area contributed by atoms with Gasteiger partial charge in [-0.1, -0.05) is 38.1 Å². The molecule has 11 heteroatoms. The summed E-state index contributed by atoms with van der Waals surface area (Å²) in [5, 5.41) is 17.7. The van der Waals surface area contributed by atoms with Crippen LogP contribution in [0.25, 0.3) is 33.5 Å². The van der Waals surface area contributed by atoms with E-state index in [9.17, 15) is 9.90 Å². The van der Waals surface area contributed by atoms with E-state index in [0.29, 0.717) is 53.3 Å². The molecule has 2 atom stereocenters. The number of ether oxygens (including phenoxy) is 1. The van der Waals surface area contributed by atoms with Gasteiger partial charge >= 0.3 is 6.03 Å². The fraction of sp³-hybridized carbons (Fsp3) is 0.537. The van der Waals surface area contributed by atoms with Crippen LogP contribution in [-0.4, -0.2) is 93.9 Å². The van der Waals surface area contributed by atoms with Crippen LogP contribution in [0.1, 0.15) is 63.5 Å². The summed E-state index contributed by atoms with van der Waals surface area (Å²) in [5.74, 6) is 0.854. The van der Waals surface area contributed by atoms with E-state index in [0.717, 1.165) is 60.5 Å². The van der Waals surface area contributed by atoms with Gasteiger partial charge in [0, 0.05) is 54.4 Å². The van der Waals surface area contributed by atoms with Crippen molar-refractivity contribution < 1.29 is 19.0 Å². The van der Waals surface area contributed by atoms with Crippen LogP contribution in [0.2, 0.25) is 0 Å². The van der Waals surface area contributed by atoms with Crippen molar-refractivity contribution in [2.45, 2.75) is 78.1 Å². The summed E-state index contributed by atoms with van der Waals surface area (Å²) in [7, 11) is 0. The lowest BCUT2D eigenvalue weighted by Gasteiger charge is -2.33. The maximum Gasteiger partial charge on any atom is 0.321 e. The van der Waals surface area contributed by atoms with Crippen LogP contribution in [-0.2, 0) is 11.3 Å². The van der Waals surface area contributed by atoms with E-state index in [1.54, 1.807) is 4.90 Å². The topological polar surface area (TPSA) is 119 Å². The molecule has 3 fully saturated rings. The third-order valence-corrected chi connectivity index (χ3v) is 11.4. The highest BCUT2D eigenvalue weighted by molar-refractivity contribution is 5.97. The van der Waals surface area contributed by atoms with Crippen molar-refractivity contribution in [1.82, 2.24) is 30.1 Å². The van der Waals surface area contributed by atoms with Crippen LogP contribution in [0.5, 0.6) is 0 Å². The minimum Gasteiger partial charge on any atom is -0.391 e. The molecule has 0 unspecified atom stereocenters. The lowest BCUT2D eigenvalue weighted by molar-refractivity contribution is -0.00341. The van der Waals surface area contributed by atoms with E-state index in [-0.39, 0.29) is 18.5 Å². The second-order valence-corrected chi connectivity index (χ2v) is 15.6. The van der Waals surface area contributed by atoms with Crippen molar-refractivity contribution in [3.63, 3.8) is 0 Å². The van der Waals surface area contributed by atoms with Crippen molar-refractivity contribution in [2.75, 3.05) is 51.1 Å². The smallest absolute Gasteiger partial charge is 0.321 e. The zero-order valence-corrected chi connectivity index (χ0v) is 30.8. The minimum atomic E-state index is -0.564. The molecule has 3 aliphatic rings. The number of aliphatic hydroxyl groups excluding tert-OH is 1. The lowest BCUT2D eigenvalue weighted by Crippen LogP contribution is -2.38. The van der Waals surface area contributed by atoms with Gasteiger partial charge in [-0.05, 0) is 112 Å². The number of carbonyl (C=O) groups excluding carboxylic acids is 1. The molecule has 3 aliphatic heterocycles. The fourth-order valence-electron chi connectivity index (χ4n) is 8.25. The molecule has 10 nitrogen and oxygen atoms in total. The molecule has 3 saturated heterocycles. The molecule has 4 N–H and O–H groups in total. The van der Waals surface area contributed by atoms with Gasteiger partial charge in [-0.15, -0.1) is 0 Å². The summed E-state index contributed by atoms with van der Waals surface area (Å²) >= 11 is 0. The van der Waals surface area contributed by atoms with Crippen molar-refractivity contribution in [3.8, 4) is 22.5 Å². The van der Waals surface area contributed by atoms with Crippen LogP contribution < -0.4 is 10.6 Å². The standard InChI is InChI=1S/C41H54FN7O3/c1-26(2)18-31-22-49(23-38(31)50)41(51)47-36-20-32(42)19-34(27(36)3)39-35-21-37(46-40(35)45-25-44-39)30-6-4-29(5-7-30)24-52-33-11-16-48(17-12-33)15-10-28-8-13-43-14-9-28/h4-7,19-21,25-26,28,31,33,38,43,50H,8-18,22-24H2,1-3H3,(H,47,51)(H,44,45,46)/t31-,38+/m1/s1. The molecule has 4 aromatic rings. The molecule has 2 aromatic carbocycles. The molecule has 0 aliphatic carbocycles. The van der Waals surface area contributed by atoms with Crippen LogP contribution in [0.4, 0.5) is 14.9 Å². The van der Waals surface area contributed by atoms with Crippen molar-refractivity contribution in [3.05, 3.63) is 65.7 Å². The molecule has 2 amide bonds. The highest BCUT2D eigenvalue weighted by Crippen LogP contribution is 2.35. The Morgan fingerprint density at radius 2 is 1.83 bits per heavy atom. The Hall–Kier alpha value is -3.90. The van der Waals surface area contributed by atoms with Crippen molar-refractivity contribution in [1.29, 1.82) is 0 Å². The monoisotopic (exact) mass is 711 g/mol. The molecule has 278 valence electrons. The van der Waals surface area contributed by atoms with Gasteiger partial charge in [0.25, 0.3) is 0 Å². The predicted molar refractivity (Wildman–Crippen MR) is 203 cm³/mol. The van der Waals surface area contributed by atoms with E-state index >= 15 is 4.39 Å². The third-order valence-electron chi connectivity index (χ3n) is 11.4. The number of carbonyl (C=O) groups is 1. The molecule has 2 aromatic heterocycles. The summed E-state index contributed by atoms with van der Waals surface area (Å²) in [5.41, 5.74) is 5.89. The SMILES string of the molecule is Cc1c(NC(=O)N2C[C@@H](CC(C)C)[C@@H](O)C2)cc(F)cc1-c1ncnc2[nH]c(-c3ccc(COC4CCN(CCC5CCNCC5)CC4)cc3)cc12. The van der Waals surface area contributed by atoms with E-state index in [4.69, 9.17) is 4.74 Å². The normalized spacial score (nSPS) is 20.7. The molecule has 0 saturated carbocycles. The predicted octanol–water partition coefficient (Wildman–Crippen LogP) is 6.98. The number of rotatable bonds is 11. The van der Waals surface area contributed by atoms with Crippen molar-refractivity contribution >= 4 is 22.8 Å². The molecule has 7 rings (SSSR count). The number of urea groups is 1. The molecule has 0 radical (unpaired) electrons. The van der Waals surface area contributed by atoms with Crippen LogP contribution in [0, 0.1) is 30.5 Å². The van der Waals surface area contributed by atoms with Gasteiger partial charge < -0.3 is 35.3 Å². The molecule has 52 heavy (non-hydrogen) atoms. The zero-order chi connectivity index (χ0) is 36.2. The number of fused-ring (bicyclic) bond motifs is 1. The first-order valence-corrected chi connectivity index (χ1v) is 19.2. The average Bonchev–Trinajstić information content (AvgIpc) is 3.75. The van der Waals surface area contributed by atoms with E-state index < -0.39 is 11.9 Å². The van der Waals surface area contributed by atoms with Crippen LogP contribution >= 0.6 is 0 Å². The number of nitrogens with one attached hydrogen (secondary N) is 3. The van der Waals surface area contributed by atoms with Gasteiger partial charge in [0.15, 0.2) is 0 Å². The Morgan fingerprint density at radius 3 is 2.58 bits per heavy atom. The number of benzene rings is 2. The Bertz CT molecular complexity index is 1820. The third kappa shape index (κ3) is 8.65. The number of likely N-dealkylation sites (tertiary alicyclic amines) is 2. The first-order valence-electron chi connectivity index (χ1n) is 19.2. The Kier molecular flexibility index (Phi) is 11.5. The number of aromatic nitrogens is 3. The zero-order valence-electron chi connectivity index (χ0n) is 30.8. The van der Waals surface area contributed by atoms with E-state index in [1.165, 1.54) is 57.4 Å². The van der Waals surface area contributed by atoms with Crippen LogP contribution in [0.15, 0.2) is 48.8 Å². The van der Waals surface area contributed by atoms with Gasteiger partial charge in [-0.25, -0.2) is 19.2 Å². The Balaban J connectivity index is 0.978. The summed E-state index contributed by atoms with van der Waals surface area (Å²) in [6, 6.07) is 12.8. The number of nitrogens with zero attached hydrogens (tertiary/aromatic N) is 4. The second kappa shape index (κ2) is 16.4. The first-order chi connectivity index (χ1) is 25.2. The summed E-state index contributed by atoms with van der Waals surface area (Å²) in [6.07, 6.45) is 8.18. The minimum absolute atomic E-state index is 0.0312. The number of aromatic amines is 1. The number of hydrogen-bond donors (Lipinski definition) is 4. The molecular formula is C41H54FN7O3. The van der Waals surface area contributed by atoms with Gasteiger partial charge in [0.1, 0.15) is 17.8 Å². The van der Waals surface area contributed by atoms with Gasteiger partial charge in [0.2, 0.25) is 0 Å². The molecular weight excluding hydrogens is 657 g/mol. The lowest BCUT2D eigenvalue weighted by atomic mass is 9.94. The quantitative estimate of drug-likeness (QED) is 0.133. The van der Waals surface area contributed by atoms with Crippen molar-refractivity contribution in [2.24, 2.45) is 17.8 Å². The van der Waals surface area contributed by atoms with Gasteiger partial charge in [0.05, 0.1) is 24.5 Å². The average molecular weight is 712 g/mol. The number of H-pyrrole nitrogens is 1. The fourth-order valence-corrected chi connectivity index (χ4v) is 8.25. The second-order valence-electron chi connectivity index (χ2n) is 15.6. The number of halogens is 1. The van der Waals surface area contributed by atoms with Crippen LogP contribution in [0.3, 0.4) is 0 Å². The highest BCUT2D eigenvalue weighted by atomic mass is 19.1. The number of β-amino-alcohol motifs (C(OH)–C–C–N with tert-alkyl or cyclic N) is 1.